The third-order valence-electron chi connectivity index (χ3n) is 2.35. The third kappa shape index (κ3) is 1.78. The van der Waals surface area contributed by atoms with Crippen molar-refractivity contribution >= 4 is 15.8 Å². The zero-order valence-electron chi connectivity index (χ0n) is 8.08. The van der Waals surface area contributed by atoms with Crippen molar-refractivity contribution in [2.24, 2.45) is 10.2 Å². The van der Waals surface area contributed by atoms with Gasteiger partial charge in [0.05, 0.1) is 16.6 Å². The maximum Gasteiger partial charge on any atom is 0.294 e. The molecule has 0 aromatic heterocycles. The van der Waals surface area contributed by atoms with E-state index in [1.165, 1.54) is 12.1 Å². The monoisotopic (exact) mass is 226 g/mol. The van der Waals surface area contributed by atoms with Crippen molar-refractivity contribution in [1.29, 1.82) is 0 Å². The zero-order valence-corrected chi connectivity index (χ0v) is 8.90. The number of nitrogens with zero attached hydrogens (tertiary/aromatic N) is 2. The molecule has 1 unspecified atom stereocenters. The van der Waals surface area contributed by atoms with Crippen molar-refractivity contribution in [2.45, 2.75) is 24.3 Å². The van der Waals surface area contributed by atoms with Gasteiger partial charge in [-0.3, -0.25) is 4.55 Å². The van der Waals surface area contributed by atoms with Crippen LogP contribution >= 0.6 is 0 Å². The Morgan fingerprint density at radius 2 is 2.20 bits per heavy atom. The summed E-state index contributed by atoms with van der Waals surface area (Å²) in [5.74, 6) is 0. The molecule has 1 atom stereocenters. The van der Waals surface area contributed by atoms with E-state index in [0.29, 0.717) is 5.69 Å². The fourth-order valence-electron chi connectivity index (χ4n) is 1.55. The summed E-state index contributed by atoms with van der Waals surface area (Å²) in [4.78, 5) is -0.142. The van der Waals surface area contributed by atoms with Crippen LogP contribution in [0.15, 0.2) is 33.3 Å². The van der Waals surface area contributed by atoms with E-state index in [1.54, 1.807) is 6.07 Å². The van der Waals surface area contributed by atoms with Gasteiger partial charge in [-0.2, -0.15) is 18.6 Å². The predicted molar refractivity (Wildman–Crippen MR) is 53.8 cm³/mol. The summed E-state index contributed by atoms with van der Waals surface area (Å²) in [7, 11) is -4.15. The van der Waals surface area contributed by atoms with Crippen LogP contribution in [-0.2, 0) is 10.1 Å². The minimum Gasteiger partial charge on any atom is -0.282 e. The molecule has 1 aliphatic rings. The van der Waals surface area contributed by atoms with Crippen LogP contribution in [-0.4, -0.2) is 13.0 Å². The maximum atomic E-state index is 10.9. The number of azo groups is 1. The lowest BCUT2D eigenvalue weighted by Crippen LogP contribution is -1.98. The smallest absolute Gasteiger partial charge is 0.282 e. The third-order valence-corrected chi connectivity index (χ3v) is 3.20. The van der Waals surface area contributed by atoms with Gasteiger partial charge in [0.1, 0.15) is 0 Å². The summed E-state index contributed by atoms with van der Waals surface area (Å²) in [5.41, 5.74) is 1.43. The molecule has 1 N–H and O–H groups in total. The van der Waals surface area contributed by atoms with Crippen LogP contribution in [0.1, 0.15) is 24.9 Å². The largest absolute Gasteiger partial charge is 0.294 e. The Bertz CT molecular complexity index is 522. The topological polar surface area (TPSA) is 79.1 Å². The number of hydrogen-bond donors (Lipinski definition) is 1. The Kier molecular flexibility index (Phi) is 2.32. The molecule has 1 aromatic rings. The lowest BCUT2D eigenvalue weighted by Gasteiger charge is -2.04. The van der Waals surface area contributed by atoms with Gasteiger partial charge in [0.15, 0.2) is 0 Å². The molecule has 0 fully saturated rings. The van der Waals surface area contributed by atoms with E-state index in [1.807, 2.05) is 6.92 Å². The molecule has 5 nitrogen and oxygen atoms in total. The second-order valence-electron chi connectivity index (χ2n) is 3.34. The summed E-state index contributed by atoms with van der Waals surface area (Å²) in [6, 6.07) is 4.36. The van der Waals surface area contributed by atoms with Crippen molar-refractivity contribution in [3.63, 3.8) is 0 Å². The average molecular weight is 226 g/mol. The summed E-state index contributed by atoms with van der Waals surface area (Å²) in [6.45, 7) is 1.98. The maximum absolute atomic E-state index is 10.9. The summed E-state index contributed by atoms with van der Waals surface area (Å²) in [6.07, 6.45) is 0.821. The van der Waals surface area contributed by atoms with Crippen LogP contribution in [0.4, 0.5) is 5.69 Å². The van der Waals surface area contributed by atoms with Crippen LogP contribution in [0.5, 0.6) is 0 Å². The van der Waals surface area contributed by atoms with E-state index < -0.39 is 10.1 Å². The molecule has 80 valence electrons. The minimum atomic E-state index is -4.15. The molecule has 0 saturated carbocycles. The number of fused-ring (bicyclic) bond motifs is 1. The van der Waals surface area contributed by atoms with Gasteiger partial charge in [-0.25, -0.2) is 0 Å². The lowest BCUT2D eigenvalue weighted by molar-refractivity contribution is 0.483. The molecule has 1 aromatic carbocycles. The van der Waals surface area contributed by atoms with Crippen molar-refractivity contribution in [3.05, 3.63) is 23.8 Å². The molecule has 1 heterocycles. The van der Waals surface area contributed by atoms with Crippen molar-refractivity contribution in [1.82, 2.24) is 0 Å². The van der Waals surface area contributed by atoms with Crippen LogP contribution < -0.4 is 0 Å². The molecule has 0 bridgehead atoms. The number of rotatable bonds is 2. The molecule has 0 saturated heterocycles. The first-order valence-corrected chi connectivity index (χ1v) is 5.98. The Balaban J connectivity index is 2.51. The second-order valence-corrected chi connectivity index (χ2v) is 4.76. The van der Waals surface area contributed by atoms with E-state index in [9.17, 15) is 8.42 Å². The van der Waals surface area contributed by atoms with Crippen LogP contribution in [0.3, 0.4) is 0 Å². The highest BCUT2D eigenvalue weighted by molar-refractivity contribution is 7.85. The first-order chi connectivity index (χ1) is 7.02. The molecular weight excluding hydrogens is 216 g/mol. The van der Waals surface area contributed by atoms with Crippen LogP contribution in [0.25, 0.3) is 0 Å². The highest BCUT2D eigenvalue weighted by Crippen LogP contribution is 2.38. The Labute approximate surface area is 87.6 Å². The summed E-state index contributed by atoms with van der Waals surface area (Å²) < 4.78 is 30.6. The molecule has 0 aliphatic carbocycles. The fraction of sp³-hybridized carbons (Fsp3) is 0.333. The van der Waals surface area contributed by atoms with E-state index in [0.717, 1.165) is 12.0 Å². The van der Waals surface area contributed by atoms with E-state index >= 15 is 0 Å². The van der Waals surface area contributed by atoms with Gasteiger partial charge in [0.2, 0.25) is 0 Å². The zero-order chi connectivity index (χ0) is 11.1. The molecule has 15 heavy (non-hydrogen) atoms. The van der Waals surface area contributed by atoms with Gasteiger partial charge >= 0.3 is 0 Å². The molecule has 1 aliphatic heterocycles. The summed E-state index contributed by atoms with van der Waals surface area (Å²) in [5, 5.41) is 7.87. The van der Waals surface area contributed by atoms with Gasteiger partial charge < -0.3 is 0 Å². The van der Waals surface area contributed by atoms with Crippen LogP contribution in [0, 0.1) is 0 Å². The Morgan fingerprint density at radius 1 is 1.47 bits per heavy atom. The second kappa shape index (κ2) is 3.39. The SMILES string of the molecule is CCC1N=Nc2cc(S(=O)(=O)O)ccc21. The predicted octanol–water partition coefficient (Wildman–Crippen LogP) is 2.48. The lowest BCUT2D eigenvalue weighted by atomic mass is 10.1. The van der Waals surface area contributed by atoms with Gasteiger partial charge in [-0.15, -0.1) is 0 Å². The van der Waals surface area contributed by atoms with Crippen molar-refractivity contribution in [2.75, 3.05) is 0 Å². The molecular formula is C9H10N2O3S. The molecule has 6 heteroatoms. The molecule has 0 radical (unpaired) electrons. The first kappa shape index (κ1) is 10.3. The quantitative estimate of drug-likeness (QED) is 0.787. The van der Waals surface area contributed by atoms with E-state index in [-0.39, 0.29) is 10.9 Å². The highest BCUT2D eigenvalue weighted by Gasteiger charge is 2.21. The van der Waals surface area contributed by atoms with Gasteiger partial charge in [-0.1, -0.05) is 13.0 Å². The van der Waals surface area contributed by atoms with E-state index in [4.69, 9.17) is 4.55 Å². The van der Waals surface area contributed by atoms with Gasteiger partial charge in [-0.05, 0) is 18.6 Å². The highest BCUT2D eigenvalue weighted by atomic mass is 32.2. The van der Waals surface area contributed by atoms with Gasteiger partial charge in [0.25, 0.3) is 10.1 Å². The average Bonchev–Trinajstić information content (AvgIpc) is 2.58. The van der Waals surface area contributed by atoms with Crippen molar-refractivity contribution < 1.29 is 13.0 Å². The van der Waals surface area contributed by atoms with Crippen molar-refractivity contribution in [3.8, 4) is 0 Å². The molecule has 0 spiro atoms. The Morgan fingerprint density at radius 3 is 2.80 bits per heavy atom. The Hall–Kier alpha value is -1.27. The van der Waals surface area contributed by atoms with E-state index in [2.05, 4.69) is 10.2 Å². The summed E-state index contributed by atoms with van der Waals surface area (Å²) >= 11 is 0. The standard InChI is InChI=1S/C9H10N2O3S/c1-2-8-7-4-3-6(15(12,13)14)5-9(7)11-10-8/h3-5,8H,2H2,1H3,(H,12,13,14). The number of hydrogen-bond acceptors (Lipinski definition) is 4. The number of benzene rings is 1. The van der Waals surface area contributed by atoms with Gasteiger partial charge in [0, 0.05) is 5.56 Å². The van der Waals surface area contributed by atoms with Crippen LogP contribution in [0.2, 0.25) is 0 Å². The normalized spacial score (nSPS) is 19.2. The molecule has 0 amide bonds. The minimum absolute atomic E-state index is 0.00967. The first-order valence-electron chi connectivity index (χ1n) is 4.54. The molecule has 2 rings (SSSR count). The fourth-order valence-corrected chi connectivity index (χ4v) is 2.05.